The number of hydrogen-bond donors (Lipinski definition) is 1. The lowest BCUT2D eigenvalue weighted by molar-refractivity contribution is 0.0940. The second kappa shape index (κ2) is 6.36. The average Bonchev–Trinajstić information content (AvgIpc) is 3.01. The first-order chi connectivity index (χ1) is 11.7. The predicted molar refractivity (Wildman–Crippen MR) is 91.0 cm³/mol. The molecule has 4 rings (SSSR count). The molecule has 126 valence electrons. The van der Waals surface area contributed by atoms with Gasteiger partial charge in [-0.1, -0.05) is 0 Å². The molecule has 1 amide bonds. The molecule has 2 aliphatic rings. The van der Waals surface area contributed by atoms with Crippen molar-refractivity contribution in [2.45, 2.75) is 25.7 Å². The number of aromatic nitrogens is 3. The van der Waals surface area contributed by atoms with Crippen LogP contribution < -0.4 is 5.32 Å². The maximum Gasteiger partial charge on any atom is 0.251 e. The van der Waals surface area contributed by atoms with Crippen molar-refractivity contribution in [2.24, 2.45) is 5.41 Å². The Hall–Kier alpha value is -2.21. The van der Waals surface area contributed by atoms with E-state index in [0.29, 0.717) is 11.0 Å². The van der Waals surface area contributed by atoms with Gasteiger partial charge >= 0.3 is 0 Å². The molecule has 0 atom stereocenters. The van der Waals surface area contributed by atoms with Crippen molar-refractivity contribution in [3.05, 3.63) is 42.5 Å². The number of rotatable bonds is 6. The van der Waals surface area contributed by atoms with Gasteiger partial charge in [0.15, 0.2) is 0 Å². The van der Waals surface area contributed by atoms with Crippen LogP contribution in [0.1, 0.15) is 36.0 Å². The largest absolute Gasteiger partial charge is 0.351 e. The molecule has 0 unspecified atom stereocenters. The maximum absolute atomic E-state index is 12.4. The molecule has 1 saturated carbocycles. The monoisotopic (exact) mass is 325 g/mol. The number of nitrogens with one attached hydrogen (secondary N) is 1. The summed E-state index contributed by atoms with van der Waals surface area (Å²) in [6.45, 7) is 4.37. The van der Waals surface area contributed by atoms with E-state index in [4.69, 9.17) is 0 Å². The van der Waals surface area contributed by atoms with Crippen LogP contribution in [-0.2, 0) is 0 Å². The molecule has 1 aromatic heterocycles. The number of amides is 1. The highest BCUT2D eigenvalue weighted by molar-refractivity contribution is 5.94. The fourth-order valence-electron chi connectivity index (χ4n) is 3.47. The van der Waals surface area contributed by atoms with Crippen molar-refractivity contribution < 1.29 is 4.79 Å². The molecule has 0 spiro atoms. The molecule has 1 aromatic carbocycles. The van der Waals surface area contributed by atoms with E-state index >= 15 is 0 Å². The second-order valence-electron chi connectivity index (χ2n) is 7.08. The summed E-state index contributed by atoms with van der Waals surface area (Å²) in [6, 6.07) is 7.53. The predicted octanol–water partition coefficient (Wildman–Crippen LogP) is 1.87. The van der Waals surface area contributed by atoms with Crippen LogP contribution in [0.4, 0.5) is 0 Å². The van der Waals surface area contributed by atoms with Crippen LogP contribution in [0.15, 0.2) is 36.9 Å². The van der Waals surface area contributed by atoms with Crippen LogP contribution in [0.25, 0.3) is 5.69 Å². The van der Waals surface area contributed by atoms with Crippen molar-refractivity contribution in [3.63, 3.8) is 0 Å². The van der Waals surface area contributed by atoms with E-state index < -0.39 is 0 Å². The summed E-state index contributed by atoms with van der Waals surface area (Å²) in [7, 11) is 0. The van der Waals surface area contributed by atoms with Gasteiger partial charge in [0, 0.05) is 29.8 Å². The number of nitrogens with zero attached hydrogens (tertiary/aromatic N) is 4. The first-order valence-corrected chi connectivity index (χ1v) is 8.70. The molecule has 6 heteroatoms. The van der Waals surface area contributed by atoms with Crippen LogP contribution in [0.2, 0.25) is 0 Å². The van der Waals surface area contributed by atoms with Gasteiger partial charge in [-0.25, -0.2) is 0 Å². The zero-order valence-corrected chi connectivity index (χ0v) is 13.8. The smallest absolute Gasteiger partial charge is 0.251 e. The van der Waals surface area contributed by atoms with E-state index in [9.17, 15) is 4.79 Å². The normalized spacial score (nSPS) is 19.3. The zero-order chi connectivity index (χ0) is 16.4. The summed E-state index contributed by atoms with van der Waals surface area (Å²) in [5.74, 6) is 0.0120. The Morgan fingerprint density at radius 3 is 2.38 bits per heavy atom. The van der Waals surface area contributed by atoms with Gasteiger partial charge < -0.3 is 10.2 Å². The topological polar surface area (TPSA) is 63.1 Å². The number of hydrogen-bond acceptors (Lipinski definition) is 4. The summed E-state index contributed by atoms with van der Waals surface area (Å²) in [4.78, 5) is 14.9. The Kier molecular flexibility index (Phi) is 4.06. The molecule has 1 aliphatic carbocycles. The fourth-order valence-corrected chi connectivity index (χ4v) is 3.47. The van der Waals surface area contributed by atoms with Crippen molar-refractivity contribution in [1.29, 1.82) is 0 Å². The second-order valence-corrected chi connectivity index (χ2v) is 7.08. The van der Waals surface area contributed by atoms with Crippen molar-refractivity contribution in [3.8, 4) is 5.69 Å². The number of carbonyl (C=O) groups is 1. The van der Waals surface area contributed by atoms with Gasteiger partial charge in [-0.15, -0.1) is 10.2 Å². The van der Waals surface area contributed by atoms with Gasteiger partial charge in [0.25, 0.3) is 5.91 Å². The first kappa shape index (κ1) is 15.3. The quantitative estimate of drug-likeness (QED) is 0.881. The summed E-state index contributed by atoms with van der Waals surface area (Å²) in [5, 5.41) is 10.7. The Balaban J connectivity index is 1.33. The van der Waals surface area contributed by atoms with E-state index in [1.165, 1.54) is 38.8 Å². The zero-order valence-electron chi connectivity index (χ0n) is 13.8. The maximum atomic E-state index is 12.4. The van der Waals surface area contributed by atoms with E-state index in [1.54, 1.807) is 12.7 Å². The lowest BCUT2D eigenvalue weighted by Gasteiger charge is -2.23. The van der Waals surface area contributed by atoms with Crippen molar-refractivity contribution in [2.75, 3.05) is 26.2 Å². The van der Waals surface area contributed by atoms with Crippen LogP contribution in [-0.4, -0.2) is 51.8 Å². The molecule has 2 aromatic rings. The van der Waals surface area contributed by atoms with Gasteiger partial charge in [-0.3, -0.25) is 9.36 Å². The Morgan fingerprint density at radius 1 is 1.08 bits per heavy atom. The molecular weight excluding hydrogens is 302 g/mol. The summed E-state index contributed by atoms with van der Waals surface area (Å²) in [6.07, 6.45) is 8.39. The number of likely N-dealkylation sites (tertiary alicyclic amines) is 1. The van der Waals surface area contributed by atoms with Crippen LogP contribution >= 0.6 is 0 Å². The van der Waals surface area contributed by atoms with E-state index in [-0.39, 0.29) is 5.91 Å². The van der Waals surface area contributed by atoms with Crippen molar-refractivity contribution in [1.82, 2.24) is 25.0 Å². The average molecular weight is 325 g/mol. The van der Waals surface area contributed by atoms with E-state index in [1.807, 2.05) is 28.8 Å². The third-order valence-electron chi connectivity index (χ3n) is 5.19. The van der Waals surface area contributed by atoms with Crippen LogP contribution in [0.5, 0.6) is 0 Å². The third-order valence-corrected chi connectivity index (χ3v) is 5.19. The van der Waals surface area contributed by atoms with Gasteiger partial charge in [0.2, 0.25) is 0 Å². The van der Waals surface area contributed by atoms with Crippen LogP contribution in [0.3, 0.4) is 0 Å². The van der Waals surface area contributed by atoms with Gasteiger partial charge in [-0.2, -0.15) is 0 Å². The van der Waals surface area contributed by atoms with E-state index in [0.717, 1.165) is 18.8 Å². The molecule has 1 saturated heterocycles. The molecule has 2 heterocycles. The summed E-state index contributed by atoms with van der Waals surface area (Å²) >= 11 is 0. The minimum absolute atomic E-state index is 0.0120. The Labute approximate surface area is 141 Å². The van der Waals surface area contributed by atoms with Gasteiger partial charge in [0.05, 0.1) is 0 Å². The summed E-state index contributed by atoms with van der Waals surface area (Å²) in [5.41, 5.74) is 1.97. The molecule has 0 radical (unpaired) electrons. The van der Waals surface area contributed by atoms with Crippen molar-refractivity contribution >= 4 is 5.91 Å². The highest BCUT2D eigenvalue weighted by atomic mass is 16.1. The lowest BCUT2D eigenvalue weighted by atomic mass is 10.1. The molecule has 2 fully saturated rings. The fraction of sp³-hybridized carbons (Fsp3) is 0.500. The molecule has 0 bridgehead atoms. The Bertz CT molecular complexity index is 685. The lowest BCUT2D eigenvalue weighted by Crippen LogP contribution is -2.37. The van der Waals surface area contributed by atoms with Gasteiger partial charge in [-0.05, 0) is 63.0 Å². The highest BCUT2D eigenvalue weighted by Gasteiger charge is 2.44. The molecule has 24 heavy (non-hydrogen) atoms. The Morgan fingerprint density at radius 2 is 1.75 bits per heavy atom. The number of benzene rings is 1. The molecular formula is C18H23N5O. The van der Waals surface area contributed by atoms with E-state index in [2.05, 4.69) is 20.4 Å². The SMILES string of the molecule is O=C(NCC1(CN2CCCC2)CC1)c1ccc(-n2cnnc2)cc1. The number of carbonyl (C=O) groups excluding carboxylic acids is 1. The first-order valence-electron chi connectivity index (χ1n) is 8.70. The van der Waals surface area contributed by atoms with Crippen LogP contribution in [0, 0.1) is 5.41 Å². The molecule has 6 nitrogen and oxygen atoms in total. The standard InChI is InChI=1S/C18H23N5O/c24-17(15-3-5-16(6-4-15)23-13-20-21-14-23)19-11-18(7-8-18)12-22-9-1-2-10-22/h3-6,13-14H,1-2,7-12H2,(H,19,24). The highest BCUT2D eigenvalue weighted by Crippen LogP contribution is 2.46. The summed E-state index contributed by atoms with van der Waals surface area (Å²) < 4.78 is 1.82. The molecule has 1 N–H and O–H groups in total. The minimum Gasteiger partial charge on any atom is -0.351 e. The van der Waals surface area contributed by atoms with Gasteiger partial charge in [0.1, 0.15) is 12.7 Å². The molecule has 1 aliphatic heterocycles. The minimum atomic E-state index is 0.0120. The third kappa shape index (κ3) is 3.33.